The highest BCUT2D eigenvalue weighted by atomic mass is 32.2. The number of hydrogen-bond donors (Lipinski definition) is 0. The third-order valence-electron chi connectivity index (χ3n) is 7.43. The van der Waals surface area contributed by atoms with Crippen molar-refractivity contribution in [1.82, 2.24) is 9.21 Å². The fourth-order valence-corrected chi connectivity index (χ4v) is 6.97. The summed E-state index contributed by atoms with van der Waals surface area (Å²) in [5.74, 6) is 0.889. The molecule has 3 aromatic carbocycles. The van der Waals surface area contributed by atoms with E-state index in [0.717, 1.165) is 42.3 Å². The highest BCUT2D eigenvalue weighted by Gasteiger charge is 2.37. The summed E-state index contributed by atoms with van der Waals surface area (Å²) in [5.41, 5.74) is 1.17. The van der Waals surface area contributed by atoms with Crippen molar-refractivity contribution in [2.75, 3.05) is 26.7 Å². The van der Waals surface area contributed by atoms with Gasteiger partial charge in [0.2, 0.25) is 15.9 Å². The molecular formula is C28H32N2O4S. The molecule has 0 N–H and O–H groups in total. The molecule has 5 rings (SSSR count). The topological polar surface area (TPSA) is 66.9 Å². The van der Waals surface area contributed by atoms with Crippen LogP contribution in [0.4, 0.5) is 0 Å². The second-order valence-electron chi connectivity index (χ2n) is 9.57. The number of methoxy groups -OCH3 is 1. The molecule has 0 radical (unpaired) electrons. The van der Waals surface area contributed by atoms with E-state index >= 15 is 0 Å². The van der Waals surface area contributed by atoms with E-state index in [1.54, 1.807) is 23.5 Å². The van der Waals surface area contributed by atoms with Gasteiger partial charge in [-0.15, -0.1) is 0 Å². The molecule has 1 amide bonds. The summed E-state index contributed by atoms with van der Waals surface area (Å²) in [4.78, 5) is 15.8. The van der Waals surface area contributed by atoms with Gasteiger partial charge in [-0.1, -0.05) is 42.5 Å². The van der Waals surface area contributed by atoms with Gasteiger partial charge in [0.15, 0.2) is 0 Å². The monoisotopic (exact) mass is 492 g/mol. The number of sulfonamides is 1. The largest absolute Gasteiger partial charge is 0.497 e. The summed E-state index contributed by atoms with van der Waals surface area (Å²) in [7, 11) is -1.92. The van der Waals surface area contributed by atoms with Crippen LogP contribution in [0.15, 0.2) is 71.6 Å². The van der Waals surface area contributed by atoms with Gasteiger partial charge in [-0.2, -0.15) is 4.31 Å². The Morgan fingerprint density at radius 2 is 1.69 bits per heavy atom. The fraction of sp³-hybridized carbons (Fsp3) is 0.393. The molecule has 0 saturated carbocycles. The molecule has 35 heavy (non-hydrogen) atoms. The Morgan fingerprint density at radius 1 is 0.914 bits per heavy atom. The number of nitrogens with zero attached hydrogens (tertiary/aromatic N) is 2. The van der Waals surface area contributed by atoms with Crippen LogP contribution in [0.3, 0.4) is 0 Å². The molecule has 2 aliphatic rings. The zero-order valence-electron chi connectivity index (χ0n) is 20.1. The molecule has 1 atom stereocenters. The lowest BCUT2D eigenvalue weighted by Gasteiger charge is -2.34. The van der Waals surface area contributed by atoms with Crippen molar-refractivity contribution in [3.05, 3.63) is 72.3 Å². The molecular weight excluding hydrogens is 460 g/mol. The van der Waals surface area contributed by atoms with Crippen LogP contribution in [-0.4, -0.2) is 56.3 Å². The molecule has 0 spiro atoms. The predicted molar refractivity (Wildman–Crippen MR) is 137 cm³/mol. The molecule has 2 saturated heterocycles. The number of amides is 1. The van der Waals surface area contributed by atoms with Gasteiger partial charge in [0.05, 0.1) is 12.0 Å². The van der Waals surface area contributed by atoms with E-state index in [2.05, 4.69) is 6.07 Å². The molecule has 2 fully saturated rings. The maximum Gasteiger partial charge on any atom is 0.243 e. The molecule has 2 heterocycles. The molecule has 1 unspecified atom stereocenters. The molecule has 6 nitrogen and oxygen atoms in total. The van der Waals surface area contributed by atoms with Crippen molar-refractivity contribution < 1.29 is 17.9 Å². The van der Waals surface area contributed by atoms with E-state index in [0.29, 0.717) is 30.8 Å². The van der Waals surface area contributed by atoms with Crippen LogP contribution in [0.25, 0.3) is 10.8 Å². The minimum absolute atomic E-state index is 0.121. The van der Waals surface area contributed by atoms with Gasteiger partial charge in [0, 0.05) is 31.6 Å². The molecule has 3 aromatic rings. The number of hydrogen-bond acceptors (Lipinski definition) is 4. The van der Waals surface area contributed by atoms with Crippen LogP contribution in [0.1, 0.15) is 31.2 Å². The van der Waals surface area contributed by atoms with Crippen LogP contribution in [0.5, 0.6) is 5.75 Å². The van der Waals surface area contributed by atoms with Gasteiger partial charge in [-0.3, -0.25) is 4.79 Å². The number of ether oxygens (including phenoxy) is 1. The summed E-state index contributed by atoms with van der Waals surface area (Å²) in [6.45, 7) is 1.53. The minimum Gasteiger partial charge on any atom is -0.497 e. The van der Waals surface area contributed by atoms with Crippen molar-refractivity contribution in [3.63, 3.8) is 0 Å². The SMILES string of the molecule is COc1cccc(CC2CCCN2C(=O)C2CCN(S(=O)(=O)c3ccc4ccccc4c3)CC2)c1. The molecule has 7 heteroatoms. The average molecular weight is 493 g/mol. The van der Waals surface area contributed by atoms with Crippen LogP contribution in [0, 0.1) is 5.92 Å². The lowest BCUT2D eigenvalue weighted by atomic mass is 9.95. The summed E-state index contributed by atoms with van der Waals surface area (Å²) >= 11 is 0. The summed E-state index contributed by atoms with van der Waals surface area (Å²) in [5, 5.41) is 1.93. The number of rotatable bonds is 6. The molecule has 184 valence electrons. The third-order valence-corrected chi connectivity index (χ3v) is 9.32. The zero-order valence-corrected chi connectivity index (χ0v) is 20.9. The highest BCUT2D eigenvalue weighted by Crippen LogP contribution is 2.30. The second-order valence-corrected chi connectivity index (χ2v) is 11.5. The maximum atomic E-state index is 13.4. The summed E-state index contributed by atoms with van der Waals surface area (Å²) < 4.78 is 33.5. The second kappa shape index (κ2) is 9.99. The quantitative estimate of drug-likeness (QED) is 0.509. The van der Waals surface area contributed by atoms with Crippen LogP contribution in [0.2, 0.25) is 0 Å². The third kappa shape index (κ3) is 4.93. The van der Waals surface area contributed by atoms with Crippen molar-refractivity contribution in [2.24, 2.45) is 5.92 Å². The van der Waals surface area contributed by atoms with Gasteiger partial charge >= 0.3 is 0 Å². The number of likely N-dealkylation sites (tertiary alicyclic amines) is 1. The predicted octanol–water partition coefficient (Wildman–Crippen LogP) is 4.48. The van der Waals surface area contributed by atoms with Crippen LogP contribution < -0.4 is 4.74 Å². The number of carbonyl (C=O) groups excluding carboxylic acids is 1. The van der Waals surface area contributed by atoms with Gasteiger partial charge in [-0.05, 0) is 72.7 Å². The van der Waals surface area contributed by atoms with Gasteiger partial charge < -0.3 is 9.64 Å². The lowest BCUT2D eigenvalue weighted by molar-refractivity contribution is -0.137. The van der Waals surface area contributed by atoms with Crippen LogP contribution in [-0.2, 0) is 21.2 Å². The molecule has 0 aliphatic carbocycles. The van der Waals surface area contributed by atoms with Crippen molar-refractivity contribution in [2.45, 2.75) is 43.0 Å². The lowest BCUT2D eigenvalue weighted by Crippen LogP contribution is -2.46. The fourth-order valence-electron chi connectivity index (χ4n) is 5.46. The van der Waals surface area contributed by atoms with Crippen molar-refractivity contribution in [3.8, 4) is 5.75 Å². The van der Waals surface area contributed by atoms with E-state index in [1.165, 1.54) is 5.56 Å². The summed E-state index contributed by atoms with van der Waals surface area (Å²) in [6.07, 6.45) is 3.95. The Hall–Kier alpha value is -2.90. The molecule has 0 aromatic heterocycles. The number of fused-ring (bicyclic) bond motifs is 1. The molecule has 2 aliphatic heterocycles. The van der Waals surface area contributed by atoms with Gasteiger partial charge in [-0.25, -0.2) is 8.42 Å². The summed E-state index contributed by atoms with van der Waals surface area (Å²) in [6, 6.07) is 21.3. The van der Waals surface area contributed by atoms with E-state index in [4.69, 9.17) is 4.74 Å². The van der Waals surface area contributed by atoms with E-state index < -0.39 is 10.0 Å². The first-order chi connectivity index (χ1) is 17.0. The number of piperidine rings is 1. The van der Waals surface area contributed by atoms with Gasteiger partial charge in [0.1, 0.15) is 5.75 Å². The smallest absolute Gasteiger partial charge is 0.243 e. The first-order valence-electron chi connectivity index (χ1n) is 12.4. The minimum atomic E-state index is -3.58. The zero-order chi connectivity index (χ0) is 24.4. The first-order valence-corrected chi connectivity index (χ1v) is 13.8. The standard InChI is InChI=1S/C28H32N2O4S/c1-34-26-10-4-6-21(19-26)18-25-9-5-15-30(25)28(31)23-13-16-29(17-14-23)35(32,33)27-12-11-22-7-2-3-8-24(22)20-27/h2-4,6-8,10-12,19-20,23,25H,5,9,13-18H2,1H3. The Labute approximate surface area is 207 Å². The Morgan fingerprint density at radius 3 is 2.46 bits per heavy atom. The highest BCUT2D eigenvalue weighted by molar-refractivity contribution is 7.89. The van der Waals surface area contributed by atoms with Crippen molar-refractivity contribution in [1.29, 1.82) is 0 Å². The number of carbonyl (C=O) groups is 1. The van der Waals surface area contributed by atoms with Crippen LogP contribution >= 0.6 is 0 Å². The first kappa shape index (κ1) is 23.8. The normalized spacial score (nSPS) is 19.8. The van der Waals surface area contributed by atoms with Gasteiger partial charge in [0.25, 0.3) is 0 Å². The maximum absolute atomic E-state index is 13.4. The Kier molecular flexibility index (Phi) is 6.80. The van der Waals surface area contributed by atoms with E-state index in [1.807, 2.05) is 53.4 Å². The van der Waals surface area contributed by atoms with E-state index in [9.17, 15) is 13.2 Å². The number of benzene rings is 3. The van der Waals surface area contributed by atoms with Crippen molar-refractivity contribution >= 4 is 26.7 Å². The van der Waals surface area contributed by atoms with E-state index in [-0.39, 0.29) is 17.9 Å². The average Bonchev–Trinajstić information content (AvgIpc) is 3.36. The Balaban J connectivity index is 1.23. The Bertz CT molecular complexity index is 1320. The molecule has 0 bridgehead atoms.